The normalized spacial score (nSPS) is 15.5. The van der Waals surface area contributed by atoms with Crippen LogP contribution in [0.4, 0.5) is 26.3 Å². The van der Waals surface area contributed by atoms with Gasteiger partial charge >= 0.3 is 6.11 Å². The third-order valence-corrected chi connectivity index (χ3v) is 8.07. The molecule has 1 nitrogen and oxygen atoms in total. The highest BCUT2D eigenvalue weighted by molar-refractivity contribution is 6.44. The van der Waals surface area contributed by atoms with E-state index in [1.165, 1.54) is 23.6 Å². The highest BCUT2D eigenvalue weighted by Gasteiger charge is 2.38. The van der Waals surface area contributed by atoms with Crippen LogP contribution in [-0.2, 0) is 19.0 Å². The number of halogens is 8. The van der Waals surface area contributed by atoms with Crippen molar-refractivity contribution in [1.29, 1.82) is 0 Å². The Bertz CT molecular complexity index is 1590. The zero-order valence-corrected chi connectivity index (χ0v) is 22.2. The van der Waals surface area contributed by atoms with Crippen LogP contribution in [-0.4, -0.2) is 0 Å². The van der Waals surface area contributed by atoms with E-state index in [1.807, 2.05) is 18.2 Å². The molecule has 0 aromatic heterocycles. The lowest BCUT2D eigenvalue weighted by Crippen LogP contribution is -2.22. The zero-order valence-electron chi connectivity index (χ0n) is 20.7. The van der Waals surface area contributed by atoms with Gasteiger partial charge in [-0.3, -0.25) is 0 Å². The van der Waals surface area contributed by atoms with E-state index in [9.17, 15) is 17.6 Å². The van der Waals surface area contributed by atoms with Crippen molar-refractivity contribution < 1.29 is 31.1 Å². The summed E-state index contributed by atoms with van der Waals surface area (Å²) < 4.78 is 90.7. The van der Waals surface area contributed by atoms with Crippen LogP contribution in [0.2, 0.25) is 10.0 Å². The molecule has 5 rings (SSSR count). The summed E-state index contributed by atoms with van der Waals surface area (Å²) in [5, 5.41) is -1.95. The lowest BCUT2D eigenvalue weighted by molar-refractivity contribution is -0.185. The molecule has 39 heavy (non-hydrogen) atoms. The highest BCUT2D eigenvalue weighted by Crippen LogP contribution is 2.44. The molecular weight excluding hydrogens is 561 g/mol. The zero-order chi connectivity index (χ0) is 28.1. The lowest BCUT2D eigenvalue weighted by atomic mass is 9.81. The van der Waals surface area contributed by atoms with Gasteiger partial charge in [0, 0.05) is 11.6 Å². The van der Waals surface area contributed by atoms with E-state index in [0.29, 0.717) is 23.6 Å². The van der Waals surface area contributed by atoms with E-state index >= 15 is 8.78 Å². The number of fused-ring (bicyclic) bond motifs is 2. The van der Waals surface area contributed by atoms with Crippen LogP contribution in [0.25, 0.3) is 21.9 Å². The number of benzene rings is 4. The molecule has 4 aromatic carbocycles. The summed E-state index contributed by atoms with van der Waals surface area (Å²) in [7, 11) is 0. The standard InChI is InChI=1S/C30H22Cl2F6O/c1-2-3-15-4-5-17-11-18(7-6-16(17)10-15)21-8-9-22(27(32)26(21)31)30(37,38)39-20-12-19-13-24(34)28(35)29(36)25(19)23(33)14-20/h6-9,11-15H,2-5,10H2,1H3. The summed E-state index contributed by atoms with van der Waals surface area (Å²) in [4.78, 5) is 0. The molecule has 4 aromatic rings. The van der Waals surface area contributed by atoms with E-state index in [0.717, 1.165) is 43.4 Å². The summed E-state index contributed by atoms with van der Waals surface area (Å²) in [5.41, 5.74) is 2.88. The number of hydrogen-bond acceptors (Lipinski definition) is 1. The van der Waals surface area contributed by atoms with Gasteiger partial charge in [-0.25, -0.2) is 17.6 Å². The third-order valence-electron chi connectivity index (χ3n) is 7.18. The maximum atomic E-state index is 15.2. The Balaban J connectivity index is 1.45. The van der Waals surface area contributed by atoms with Gasteiger partial charge in [0.2, 0.25) is 0 Å². The molecule has 0 saturated carbocycles. The molecule has 0 heterocycles. The molecule has 1 aliphatic carbocycles. The Hall–Kier alpha value is -2.90. The van der Waals surface area contributed by atoms with Gasteiger partial charge in [0.1, 0.15) is 11.6 Å². The van der Waals surface area contributed by atoms with E-state index in [1.54, 1.807) is 0 Å². The predicted octanol–water partition coefficient (Wildman–Crippen LogP) is 10.4. The van der Waals surface area contributed by atoms with Crippen LogP contribution in [0.15, 0.2) is 48.5 Å². The van der Waals surface area contributed by atoms with Crippen LogP contribution in [0.3, 0.4) is 0 Å². The second-order valence-corrected chi connectivity index (χ2v) is 10.5. The Labute approximate surface area is 231 Å². The third kappa shape index (κ3) is 5.19. The molecule has 0 radical (unpaired) electrons. The summed E-state index contributed by atoms with van der Waals surface area (Å²) in [6.07, 6.45) is 1.24. The summed E-state index contributed by atoms with van der Waals surface area (Å²) in [5.74, 6) is -6.74. The van der Waals surface area contributed by atoms with Crippen molar-refractivity contribution in [3.63, 3.8) is 0 Å². The van der Waals surface area contributed by atoms with Gasteiger partial charge in [-0.2, -0.15) is 8.78 Å². The average molecular weight is 583 g/mol. The van der Waals surface area contributed by atoms with Gasteiger partial charge in [-0.05, 0) is 65.5 Å². The average Bonchev–Trinajstić information content (AvgIpc) is 2.88. The van der Waals surface area contributed by atoms with E-state index in [4.69, 9.17) is 27.9 Å². The minimum atomic E-state index is -4.10. The molecule has 0 N–H and O–H groups in total. The monoisotopic (exact) mass is 582 g/mol. The molecule has 1 aliphatic rings. The maximum Gasteiger partial charge on any atom is 0.428 e. The first-order valence-electron chi connectivity index (χ1n) is 12.4. The van der Waals surface area contributed by atoms with E-state index in [2.05, 4.69) is 6.92 Å². The Morgan fingerprint density at radius 3 is 2.38 bits per heavy atom. The number of aryl methyl sites for hydroxylation is 1. The van der Waals surface area contributed by atoms with E-state index in [-0.39, 0.29) is 5.02 Å². The highest BCUT2D eigenvalue weighted by atomic mass is 35.5. The van der Waals surface area contributed by atoms with Gasteiger partial charge < -0.3 is 4.74 Å². The van der Waals surface area contributed by atoms with Gasteiger partial charge in [0.05, 0.1) is 21.0 Å². The Kier molecular flexibility index (Phi) is 7.51. The molecule has 1 unspecified atom stereocenters. The van der Waals surface area contributed by atoms with Crippen molar-refractivity contribution in [3.8, 4) is 16.9 Å². The molecule has 0 amide bonds. The van der Waals surface area contributed by atoms with Crippen molar-refractivity contribution in [1.82, 2.24) is 0 Å². The molecule has 0 aliphatic heterocycles. The molecule has 0 fully saturated rings. The fraction of sp³-hybridized carbons (Fsp3) is 0.267. The van der Waals surface area contributed by atoms with Gasteiger partial charge in [0.15, 0.2) is 17.5 Å². The molecule has 9 heteroatoms. The van der Waals surface area contributed by atoms with Crippen molar-refractivity contribution in [3.05, 3.63) is 98.5 Å². The molecule has 0 saturated heterocycles. The first-order chi connectivity index (χ1) is 18.5. The minimum Gasteiger partial charge on any atom is -0.429 e. The van der Waals surface area contributed by atoms with Crippen molar-refractivity contribution in [2.45, 2.75) is 45.1 Å². The SMILES string of the molecule is CCCC1CCc2cc(-c3ccc(C(F)(F)Oc4cc(F)c5c(F)c(F)c(F)cc5c4)c(Cl)c3Cl)ccc2C1. The van der Waals surface area contributed by atoms with Crippen LogP contribution >= 0.6 is 23.2 Å². The number of rotatable bonds is 6. The second kappa shape index (κ2) is 10.6. The first-order valence-corrected chi connectivity index (χ1v) is 13.2. The molecule has 204 valence electrons. The minimum absolute atomic E-state index is 0.110. The first kappa shape index (κ1) is 27.7. The Morgan fingerprint density at radius 2 is 1.64 bits per heavy atom. The van der Waals surface area contributed by atoms with Gasteiger partial charge in [0.25, 0.3) is 0 Å². The molecule has 1 atom stereocenters. The van der Waals surface area contributed by atoms with Crippen LogP contribution in [0.5, 0.6) is 5.75 Å². The Morgan fingerprint density at radius 1 is 0.872 bits per heavy atom. The maximum absolute atomic E-state index is 15.2. The van der Waals surface area contributed by atoms with Gasteiger partial charge in [-0.15, -0.1) is 0 Å². The second-order valence-electron chi connectivity index (χ2n) is 9.78. The fourth-order valence-corrected chi connectivity index (χ4v) is 5.82. The smallest absolute Gasteiger partial charge is 0.428 e. The van der Waals surface area contributed by atoms with Crippen molar-refractivity contribution >= 4 is 34.0 Å². The molecular formula is C30H22Cl2F6O. The van der Waals surface area contributed by atoms with Crippen molar-refractivity contribution in [2.75, 3.05) is 0 Å². The summed E-state index contributed by atoms with van der Waals surface area (Å²) in [6.45, 7) is 2.17. The largest absolute Gasteiger partial charge is 0.429 e. The predicted molar refractivity (Wildman–Crippen MR) is 141 cm³/mol. The fourth-order valence-electron chi connectivity index (χ4n) is 5.27. The van der Waals surface area contributed by atoms with Gasteiger partial charge in [-0.1, -0.05) is 67.2 Å². The summed E-state index contributed by atoms with van der Waals surface area (Å²) in [6, 6.07) is 10.1. The van der Waals surface area contributed by atoms with Crippen LogP contribution in [0, 0.1) is 29.2 Å². The summed E-state index contributed by atoms with van der Waals surface area (Å²) >= 11 is 12.7. The molecule has 0 bridgehead atoms. The number of ether oxygens (including phenoxy) is 1. The van der Waals surface area contributed by atoms with E-state index < -0.39 is 56.5 Å². The van der Waals surface area contributed by atoms with Crippen molar-refractivity contribution in [2.24, 2.45) is 5.92 Å². The number of hydrogen-bond donors (Lipinski definition) is 0. The quantitative estimate of drug-likeness (QED) is 0.162. The molecule has 0 spiro atoms. The van der Waals surface area contributed by atoms with Crippen LogP contribution < -0.4 is 4.74 Å². The van der Waals surface area contributed by atoms with Crippen LogP contribution in [0.1, 0.15) is 42.9 Å². The lowest BCUT2D eigenvalue weighted by Gasteiger charge is -2.25. The number of alkyl halides is 2. The topological polar surface area (TPSA) is 9.23 Å².